The van der Waals surface area contributed by atoms with Crippen molar-refractivity contribution in [3.05, 3.63) is 0 Å². The molecule has 3 heteroatoms. The first-order valence-electron chi connectivity index (χ1n) is 2.63. The fourth-order valence-corrected chi connectivity index (χ4v) is 0.913. The fourth-order valence-electron chi connectivity index (χ4n) is 0.702. The summed E-state index contributed by atoms with van der Waals surface area (Å²) in [7, 11) is 0. The predicted octanol–water partition coefficient (Wildman–Crippen LogP) is 0.377. The van der Waals surface area contributed by atoms with Crippen LogP contribution in [0.1, 0.15) is 6.42 Å². The third-order valence-electron chi connectivity index (χ3n) is 1.33. The van der Waals surface area contributed by atoms with Crippen LogP contribution in [0.15, 0.2) is 0 Å². The second-order valence-corrected chi connectivity index (χ2v) is 2.43. The average molecular weight is 137 g/mol. The van der Waals surface area contributed by atoms with Crippen molar-refractivity contribution in [2.75, 3.05) is 19.1 Å². The van der Waals surface area contributed by atoms with Crippen LogP contribution in [-0.4, -0.2) is 29.8 Å². The van der Waals surface area contributed by atoms with Gasteiger partial charge in [0.1, 0.15) is 5.60 Å². The summed E-state index contributed by atoms with van der Waals surface area (Å²) < 4.78 is 4.92. The van der Waals surface area contributed by atoms with E-state index in [0.717, 1.165) is 0 Å². The van der Waals surface area contributed by atoms with Crippen molar-refractivity contribution in [2.24, 2.45) is 0 Å². The standard InChI is InChI=1S/C5H9ClO2/c6-3-5(7)1-2-8-4-5/h7H,1-4H2/t5-/m1/s1. The number of hydrogen-bond donors (Lipinski definition) is 1. The molecular formula is C5H9ClO2. The van der Waals surface area contributed by atoms with Crippen molar-refractivity contribution < 1.29 is 9.84 Å². The minimum Gasteiger partial charge on any atom is -0.386 e. The maximum atomic E-state index is 9.24. The smallest absolute Gasteiger partial charge is 0.104 e. The van der Waals surface area contributed by atoms with Crippen LogP contribution < -0.4 is 0 Å². The lowest BCUT2D eigenvalue weighted by molar-refractivity contribution is 0.0465. The zero-order valence-corrected chi connectivity index (χ0v) is 5.32. The molecule has 1 fully saturated rings. The van der Waals surface area contributed by atoms with Gasteiger partial charge in [0.2, 0.25) is 0 Å². The zero-order valence-electron chi connectivity index (χ0n) is 4.56. The Labute approximate surface area is 53.4 Å². The molecule has 0 unspecified atom stereocenters. The normalized spacial score (nSPS) is 38.2. The first-order valence-corrected chi connectivity index (χ1v) is 3.16. The second-order valence-electron chi connectivity index (χ2n) is 2.16. The van der Waals surface area contributed by atoms with Crippen LogP contribution in [0.4, 0.5) is 0 Å². The molecule has 0 saturated carbocycles. The minimum absolute atomic E-state index is 0.285. The lowest BCUT2D eigenvalue weighted by Crippen LogP contribution is -2.30. The van der Waals surface area contributed by atoms with Gasteiger partial charge < -0.3 is 9.84 Å². The molecule has 1 heterocycles. The van der Waals surface area contributed by atoms with Crippen LogP contribution in [0.5, 0.6) is 0 Å². The topological polar surface area (TPSA) is 29.5 Å². The number of halogens is 1. The van der Waals surface area contributed by atoms with Gasteiger partial charge in [-0.15, -0.1) is 11.6 Å². The van der Waals surface area contributed by atoms with Gasteiger partial charge in [-0.1, -0.05) is 0 Å². The lowest BCUT2D eigenvalue weighted by Gasteiger charge is -2.14. The predicted molar refractivity (Wildman–Crippen MR) is 31.1 cm³/mol. The SMILES string of the molecule is O[C@@]1(CCl)CCOC1. The Morgan fingerprint density at radius 1 is 1.75 bits per heavy atom. The van der Waals surface area contributed by atoms with E-state index in [2.05, 4.69) is 0 Å². The summed E-state index contributed by atoms with van der Waals surface area (Å²) in [4.78, 5) is 0. The molecule has 0 aliphatic carbocycles. The summed E-state index contributed by atoms with van der Waals surface area (Å²) in [6, 6.07) is 0. The van der Waals surface area contributed by atoms with Gasteiger partial charge in [0.15, 0.2) is 0 Å². The van der Waals surface area contributed by atoms with Crippen molar-refractivity contribution in [1.82, 2.24) is 0 Å². The maximum Gasteiger partial charge on any atom is 0.104 e. The quantitative estimate of drug-likeness (QED) is 0.528. The van der Waals surface area contributed by atoms with Crippen molar-refractivity contribution in [3.8, 4) is 0 Å². The average Bonchev–Trinajstić information content (AvgIpc) is 2.17. The van der Waals surface area contributed by atoms with Gasteiger partial charge in [0.25, 0.3) is 0 Å². The van der Waals surface area contributed by atoms with E-state index in [-0.39, 0.29) is 5.88 Å². The van der Waals surface area contributed by atoms with E-state index in [1.165, 1.54) is 0 Å². The number of hydrogen-bond acceptors (Lipinski definition) is 2. The molecule has 1 rings (SSSR count). The van der Waals surface area contributed by atoms with Gasteiger partial charge in [-0.25, -0.2) is 0 Å². The highest BCUT2D eigenvalue weighted by Gasteiger charge is 2.30. The Morgan fingerprint density at radius 3 is 2.75 bits per heavy atom. The van der Waals surface area contributed by atoms with Gasteiger partial charge in [-0.05, 0) is 0 Å². The number of ether oxygens (including phenoxy) is 1. The van der Waals surface area contributed by atoms with E-state index in [4.69, 9.17) is 16.3 Å². The van der Waals surface area contributed by atoms with E-state index in [9.17, 15) is 5.11 Å². The molecule has 0 spiro atoms. The first kappa shape index (κ1) is 6.33. The van der Waals surface area contributed by atoms with Crippen molar-refractivity contribution in [2.45, 2.75) is 12.0 Å². The van der Waals surface area contributed by atoms with Crippen LogP contribution >= 0.6 is 11.6 Å². The molecule has 8 heavy (non-hydrogen) atoms. The molecule has 0 radical (unpaired) electrons. The highest BCUT2D eigenvalue weighted by molar-refractivity contribution is 6.18. The Kier molecular flexibility index (Phi) is 1.75. The first-order chi connectivity index (χ1) is 3.77. The summed E-state index contributed by atoms with van der Waals surface area (Å²) in [6.45, 7) is 1.04. The van der Waals surface area contributed by atoms with Crippen molar-refractivity contribution in [3.63, 3.8) is 0 Å². The number of rotatable bonds is 1. The highest BCUT2D eigenvalue weighted by atomic mass is 35.5. The summed E-state index contributed by atoms with van der Waals surface area (Å²) in [6.07, 6.45) is 0.677. The molecule has 0 aromatic carbocycles. The fraction of sp³-hybridized carbons (Fsp3) is 1.00. The molecule has 1 aliphatic rings. The number of alkyl halides is 1. The van der Waals surface area contributed by atoms with Crippen LogP contribution in [0.25, 0.3) is 0 Å². The summed E-state index contributed by atoms with van der Waals surface area (Å²) >= 11 is 5.42. The molecule has 1 aliphatic heterocycles. The lowest BCUT2D eigenvalue weighted by atomic mass is 10.1. The molecule has 1 saturated heterocycles. The molecule has 1 atom stereocenters. The number of aliphatic hydroxyl groups is 1. The second kappa shape index (κ2) is 2.21. The maximum absolute atomic E-state index is 9.24. The Balaban J connectivity index is 2.40. The molecule has 0 bridgehead atoms. The van der Waals surface area contributed by atoms with Gasteiger partial charge in [-0.3, -0.25) is 0 Å². The van der Waals surface area contributed by atoms with Gasteiger partial charge in [0, 0.05) is 13.0 Å². The van der Waals surface area contributed by atoms with Gasteiger partial charge in [0.05, 0.1) is 12.5 Å². The van der Waals surface area contributed by atoms with Crippen molar-refractivity contribution >= 4 is 11.6 Å². The van der Waals surface area contributed by atoms with Gasteiger partial charge in [-0.2, -0.15) is 0 Å². The van der Waals surface area contributed by atoms with E-state index in [1.54, 1.807) is 0 Å². The van der Waals surface area contributed by atoms with E-state index >= 15 is 0 Å². The summed E-state index contributed by atoms with van der Waals surface area (Å²) in [5.74, 6) is 0.285. The third-order valence-corrected chi connectivity index (χ3v) is 1.83. The Morgan fingerprint density at radius 2 is 2.50 bits per heavy atom. The summed E-state index contributed by atoms with van der Waals surface area (Å²) in [5.41, 5.74) is -0.721. The molecular weight excluding hydrogens is 128 g/mol. The third kappa shape index (κ3) is 1.13. The van der Waals surface area contributed by atoms with Crippen LogP contribution in [0.3, 0.4) is 0 Å². The minimum atomic E-state index is -0.721. The molecule has 2 nitrogen and oxygen atoms in total. The molecule has 0 aromatic heterocycles. The zero-order chi connectivity index (χ0) is 6.04. The van der Waals surface area contributed by atoms with E-state index < -0.39 is 5.60 Å². The molecule has 1 N–H and O–H groups in total. The van der Waals surface area contributed by atoms with Gasteiger partial charge >= 0.3 is 0 Å². The molecule has 48 valence electrons. The van der Waals surface area contributed by atoms with Crippen LogP contribution in [-0.2, 0) is 4.74 Å². The Hall–Kier alpha value is 0.210. The summed E-state index contributed by atoms with van der Waals surface area (Å²) in [5, 5.41) is 9.24. The molecule has 0 aromatic rings. The van der Waals surface area contributed by atoms with E-state index in [0.29, 0.717) is 19.6 Å². The monoisotopic (exact) mass is 136 g/mol. The van der Waals surface area contributed by atoms with Crippen molar-refractivity contribution in [1.29, 1.82) is 0 Å². The molecule has 0 amide bonds. The highest BCUT2D eigenvalue weighted by Crippen LogP contribution is 2.18. The largest absolute Gasteiger partial charge is 0.386 e. The van der Waals surface area contributed by atoms with Crippen LogP contribution in [0.2, 0.25) is 0 Å². The van der Waals surface area contributed by atoms with E-state index in [1.807, 2.05) is 0 Å². The Bertz CT molecular complexity index is 78.5. The van der Waals surface area contributed by atoms with Crippen LogP contribution in [0, 0.1) is 0 Å².